The summed E-state index contributed by atoms with van der Waals surface area (Å²) in [6.07, 6.45) is -4.77. The number of hydrogen-bond acceptors (Lipinski definition) is 3. The monoisotopic (exact) mass is 393 g/mol. The van der Waals surface area contributed by atoms with E-state index in [1.807, 2.05) is 0 Å². The number of nitrogens with one attached hydrogen (secondary N) is 1. The summed E-state index contributed by atoms with van der Waals surface area (Å²) in [6, 6.07) is 9.08. The second kappa shape index (κ2) is 8.44. The van der Waals surface area contributed by atoms with Crippen molar-refractivity contribution in [2.45, 2.75) is 12.1 Å². The van der Waals surface area contributed by atoms with E-state index < -0.39 is 12.2 Å². The molecule has 2 aromatic rings. The number of benzene rings is 2. The van der Waals surface area contributed by atoms with Crippen molar-refractivity contribution in [1.82, 2.24) is 0 Å². The highest BCUT2D eigenvalue weighted by atomic mass is 35.5. The molecule has 0 unspecified atom stereocenters. The summed E-state index contributed by atoms with van der Waals surface area (Å²) in [4.78, 5) is 11.8. The molecule has 3 nitrogen and oxygen atoms in total. The van der Waals surface area contributed by atoms with E-state index in [0.29, 0.717) is 16.3 Å². The summed E-state index contributed by atoms with van der Waals surface area (Å²) in [5.74, 6) is -0.833. The van der Waals surface area contributed by atoms with Crippen LogP contribution in [0.4, 0.5) is 23.2 Å². The standard InChI is InChI=1S/C16H12ClF4NO2S/c17-11-2-1-10(14(18)7-11)8-25-9-15(23)22-12-3-5-13(6-4-12)24-16(19,20)21/h1-7H,8-9H2,(H,22,23). The topological polar surface area (TPSA) is 38.3 Å². The van der Waals surface area contributed by atoms with Crippen LogP contribution in [0.3, 0.4) is 0 Å². The molecule has 25 heavy (non-hydrogen) atoms. The molecule has 0 saturated heterocycles. The van der Waals surface area contributed by atoms with Crippen molar-refractivity contribution >= 4 is 35.0 Å². The van der Waals surface area contributed by atoms with Crippen LogP contribution in [0.15, 0.2) is 42.5 Å². The van der Waals surface area contributed by atoms with Gasteiger partial charge in [0.15, 0.2) is 0 Å². The minimum Gasteiger partial charge on any atom is -0.406 e. The van der Waals surface area contributed by atoms with Crippen molar-refractivity contribution in [2.75, 3.05) is 11.1 Å². The molecule has 0 aliphatic carbocycles. The largest absolute Gasteiger partial charge is 0.573 e. The highest BCUT2D eigenvalue weighted by Crippen LogP contribution is 2.24. The molecule has 1 amide bonds. The summed E-state index contributed by atoms with van der Waals surface area (Å²) in [5, 5.41) is 2.82. The van der Waals surface area contributed by atoms with Gasteiger partial charge >= 0.3 is 6.36 Å². The maximum Gasteiger partial charge on any atom is 0.573 e. The molecule has 2 aromatic carbocycles. The molecule has 2 rings (SSSR count). The molecule has 0 aromatic heterocycles. The molecule has 0 heterocycles. The Morgan fingerprint density at radius 1 is 1.16 bits per heavy atom. The third-order valence-corrected chi connectivity index (χ3v) is 4.09. The van der Waals surface area contributed by atoms with Gasteiger partial charge in [0.05, 0.1) is 5.75 Å². The predicted octanol–water partition coefficient (Wildman–Crippen LogP) is 5.25. The Bertz CT molecular complexity index is 738. The van der Waals surface area contributed by atoms with Gasteiger partial charge in [-0.25, -0.2) is 4.39 Å². The van der Waals surface area contributed by atoms with Gasteiger partial charge in [0.25, 0.3) is 0 Å². The molecule has 0 spiro atoms. The molecule has 0 bridgehead atoms. The average molecular weight is 394 g/mol. The Morgan fingerprint density at radius 2 is 1.84 bits per heavy atom. The lowest BCUT2D eigenvalue weighted by Gasteiger charge is -2.10. The number of alkyl halides is 3. The maximum atomic E-state index is 13.6. The molecule has 1 N–H and O–H groups in total. The van der Waals surface area contributed by atoms with Gasteiger partial charge in [0.1, 0.15) is 11.6 Å². The van der Waals surface area contributed by atoms with Gasteiger partial charge in [0, 0.05) is 16.5 Å². The number of rotatable bonds is 6. The molecular weight excluding hydrogens is 382 g/mol. The molecule has 9 heteroatoms. The summed E-state index contributed by atoms with van der Waals surface area (Å²) >= 11 is 6.85. The Labute approximate surface area is 150 Å². The second-order valence-electron chi connectivity index (χ2n) is 4.85. The quantitative estimate of drug-likeness (QED) is 0.681. The zero-order chi connectivity index (χ0) is 18.4. The molecule has 0 saturated carbocycles. The number of amides is 1. The number of carbonyl (C=O) groups is 1. The van der Waals surface area contributed by atoms with Gasteiger partial charge in [-0.2, -0.15) is 0 Å². The second-order valence-corrected chi connectivity index (χ2v) is 6.27. The smallest absolute Gasteiger partial charge is 0.406 e. The van der Waals surface area contributed by atoms with Crippen LogP contribution in [0.5, 0.6) is 5.75 Å². The molecule has 0 aliphatic rings. The predicted molar refractivity (Wildman–Crippen MR) is 89.3 cm³/mol. The zero-order valence-corrected chi connectivity index (χ0v) is 14.1. The molecular formula is C16H12ClF4NO2S. The summed E-state index contributed by atoms with van der Waals surface area (Å²) in [6.45, 7) is 0. The van der Waals surface area contributed by atoms with Gasteiger partial charge in [-0.3, -0.25) is 4.79 Å². The van der Waals surface area contributed by atoms with Crippen LogP contribution in [0.1, 0.15) is 5.56 Å². The van der Waals surface area contributed by atoms with E-state index in [-0.39, 0.29) is 23.2 Å². The van der Waals surface area contributed by atoms with Crippen LogP contribution in [-0.4, -0.2) is 18.0 Å². The minimum absolute atomic E-state index is 0.0584. The van der Waals surface area contributed by atoms with E-state index in [9.17, 15) is 22.4 Å². The molecule has 134 valence electrons. The number of anilines is 1. The normalized spacial score (nSPS) is 11.2. The number of halogens is 5. The zero-order valence-electron chi connectivity index (χ0n) is 12.6. The summed E-state index contributed by atoms with van der Waals surface area (Å²) in [5.41, 5.74) is 0.758. The number of carbonyl (C=O) groups excluding carboxylic acids is 1. The minimum atomic E-state index is -4.77. The van der Waals surface area contributed by atoms with Gasteiger partial charge in [-0.1, -0.05) is 17.7 Å². The lowest BCUT2D eigenvalue weighted by Crippen LogP contribution is -2.17. The van der Waals surface area contributed by atoms with Gasteiger partial charge in [0.2, 0.25) is 5.91 Å². The first-order valence-corrected chi connectivity index (χ1v) is 8.43. The van der Waals surface area contributed by atoms with Crippen LogP contribution < -0.4 is 10.1 Å². The Balaban J connectivity index is 1.80. The average Bonchev–Trinajstić information content (AvgIpc) is 2.50. The fraction of sp³-hybridized carbons (Fsp3) is 0.188. The van der Waals surface area contributed by atoms with Crippen LogP contribution in [0, 0.1) is 5.82 Å². The van der Waals surface area contributed by atoms with Crippen molar-refractivity contribution in [3.05, 3.63) is 58.9 Å². The Kier molecular flexibility index (Phi) is 6.55. The molecule has 0 fully saturated rings. The fourth-order valence-corrected chi connectivity index (χ4v) is 2.80. The van der Waals surface area contributed by atoms with E-state index in [4.69, 9.17) is 11.6 Å². The van der Waals surface area contributed by atoms with Gasteiger partial charge < -0.3 is 10.1 Å². The lowest BCUT2D eigenvalue weighted by atomic mass is 10.2. The number of ether oxygens (including phenoxy) is 1. The first-order chi connectivity index (χ1) is 11.7. The van der Waals surface area contributed by atoms with E-state index in [2.05, 4.69) is 10.1 Å². The maximum absolute atomic E-state index is 13.6. The van der Waals surface area contributed by atoms with Crippen molar-refractivity contribution in [2.24, 2.45) is 0 Å². The van der Waals surface area contributed by atoms with Crippen molar-refractivity contribution in [3.63, 3.8) is 0 Å². The Morgan fingerprint density at radius 3 is 2.44 bits per heavy atom. The van der Waals surface area contributed by atoms with Crippen molar-refractivity contribution in [1.29, 1.82) is 0 Å². The van der Waals surface area contributed by atoms with Gasteiger partial charge in [-0.05, 0) is 42.0 Å². The molecule has 0 aliphatic heterocycles. The van der Waals surface area contributed by atoms with E-state index >= 15 is 0 Å². The third-order valence-electron chi connectivity index (χ3n) is 2.88. The molecule has 0 atom stereocenters. The summed E-state index contributed by atoms with van der Waals surface area (Å²) in [7, 11) is 0. The summed E-state index contributed by atoms with van der Waals surface area (Å²) < 4.78 is 53.5. The van der Waals surface area contributed by atoms with Crippen LogP contribution in [-0.2, 0) is 10.5 Å². The first-order valence-electron chi connectivity index (χ1n) is 6.90. The first kappa shape index (κ1) is 19.4. The van der Waals surface area contributed by atoms with E-state index in [1.54, 1.807) is 12.1 Å². The lowest BCUT2D eigenvalue weighted by molar-refractivity contribution is -0.274. The fourth-order valence-electron chi connectivity index (χ4n) is 1.83. The highest BCUT2D eigenvalue weighted by molar-refractivity contribution is 7.99. The highest BCUT2D eigenvalue weighted by Gasteiger charge is 2.30. The third kappa shape index (κ3) is 6.83. The molecule has 0 radical (unpaired) electrons. The van der Waals surface area contributed by atoms with Crippen LogP contribution >= 0.6 is 23.4 Å². The number of thioether (sulfide) groups is 1. The van der Waals surface area contributed by atoms with Crippen molar-refractivity contribution < 1.29 is 27.1 Å². The number of hydrogen-bond donors (Lipinski definition) is 1. The Hall–Kier alpha value is -1.93. The van der Waals surface area contributed by atoms with E-state index in [0.717, 1.165) is 12.1 Å². The van der Waals surface area contributed by atoms with Gasteiger partial charge in [-0.15, -0.1) is 24.9 Å². The van der Waals surface area contributed by atoms with E-state index in [1.165, 1.54) is 30.0 Å². The van der Waals surface area contributed by atoms with Crippen molar-refractivity contribution in [3.8, 4) is 5.75 Å². The van der Waals surface area contributed by atoms with Crippen LogP contribution in [0.25, 0.3) is 0 Å². The van der Waals surface area contributed by atoms with Crippen LogP contribution in [0.2, 0.25) is 5.02 Å². The SMILES string of the molecule is O=C(CSCc1ccc(Cl)cc1F)Nc1ccc(OC(F)(F)F)cc1.